The second-order valence-electron chi connectivity index (χ2n) is 9.48. The van der Waals surface area contributed by atoms with Crippen LogP contribution in [0.15, 0.2) is 71.7 Å². The predicted molar refractivity (Wildman–Crippen MR) is 137 cm³/mol. The van der Waals surface area contributed by atoms with Crippen molar-refractivity contribution in [1.82, 2.24) is 29.7 Å². The molecule has 38 heavy (non-hydrogen) atoms. The zero-order valence-corrected chi connectivity index (χ0v) is 20.7. The summed E-state index contributed by atoms with van der Waals surface area (Å²) in [4.78, 5) is 36.8. The van der Waals surface area contributed by atoms with E-state index in [-0.39, 0.29) is 17.8 Å². The third-order valence-electron chi connectivity index (χ3n) is 6.78. The fourth-order valence-electron chi connectivity index (χ4n) is 4.74. The maximum atomic E-state index is 13.1. The van der Waals surface area contributed by atoms with Gasteiger partial charge in [-0.1, -0.05) is 30.3 Å². The maximum absolute atomic E-state index is 13.1. The molecule has 198 valence electrons. The highest BCUT2D eigenvalue weighted by Crippen LogP contribution is 2.29. The number of carbonyl (C=O) groups excluding carboxylic acids is 1. The molecular formula is C27H27F3N6O2. The minimum Gasteiger partial charge on any atom is -0.350 e. The lowest BCUT2D eigenvalue weighted by Gasteiger charge is -2.40. The Hall–Kier alpha value is -3.96. The monoisotopic (exact) mass is 524 g/mol. The number of nitrogens with one attached hydrogen (secondary N) is 2. The van der Waals surface area contributed by atoms with E-state index in [1.807, 2.05) is 18.2 Å². The van der Waals surface area contributed by atoms with Gasteiger partial charge in [0.05, 0.1) is 16.6 Å². The molecule has 0 saturated carbocycles. The lowest BCUT2D eigenvalue weighted by Crippen LogP contribution is -2.55. The molecule has 1 aliphatic heterocycles. The highest BCUT2D eigenvalue weighted by Gasteiger charge is 2.31. The Morgan fingerprint density at radius 1 is 1.11 bits per heavy atom. The first-order valence-electron chi connectivity index (χ1n) is 12.2. The number of benzene rings is 2. The maximum Gasteiger partial charge on any atom is 0.417 e. The summed E-state index contributed by atoms with van der Waals surface area (Å²) < 4.78 is 40.0. The molecule has 1 unspecified atom stereocenters. The number of alkyl halides is 3. The van der Waals surface area contributed by atoms with Gasteiger partial charge in [0.25, 0.3) is 5.91 Å². The minimum atomic E-state index is -4.54. The molecule has 4 aromatic rings. The molecular weight excluding hydrogens is 497 g/mol. The van der Waals surface area contributed by atoms with E-state index in [4.69, 9.17) is 0 Å². The molecule has 11 heteroatoms. The van der Waals surface area contributed by atoms with Crippen molar-refractivity contribution in [3.8, 4) is 5.82 Å². The first kappa shape index (κ1) is 25.7. The number of fused-ring (bicyclic) bond motifs is 1. The summed E-state index contributed by atoms with van der Waals surface area (Å²) in [6, 6.07) is 17.0. The van der Waals surface area contributed by atoms with Crippen LogP contribution in [-0.4, -0.2) is 69.5 Å². The van der Waals surface area contributed by atoms with E-state index in [0.717, 1.165) is 42.9 Å². The van der Waals surface area contributed by atoms with Gasteiger partial charge in [-0.25, -0.2) is 14.3 Å². The van der Waals surface area contributed by atoms with Crippen molar-refractivity contribution in [2.45, 2.75) is 18.8 Å². The summed E-state index contributed by atoms with van der Waals surface area (Å²) in [6.07, 6.45) is -3.86. The van der Waals surface area contributed by atoms with Crippen LogP contribution in [0.3, 0.4) is 0 Å². The Balaban J connectivity index is 1.34. The van der Waals surface area contributed by atoms with Crippen LogP contribution in [0.1, 0.15) is 21.5 Å². The van der Waals surface area contributed by atoms with Crippen molar-refractivity contribution >= 4 is 16.9 Å². The number of nitrogens with zero attached hydrogens (tertiary/aromatic N) is 4. The van der Waals surface area contributed by atoms with E-state index in [0.29, 0.717) is 29.3 Å². The van der Waals surface area contributed by atoms with Crippen molar-refractivity contribution in [3.05, 3.63) is 94.0 Å². The number of carbonyl (C=O) groups is 1. The van der Waals surface area contributed by atoms with E-state index in [1.165, 1.54) is 11.6 Å². The van der Waals surface area contributed by atoms with Gasteiger partial charge in [-0.05, 0) is 42.9 Å². The largest absolute Gasteiger partial charge is 0.417 e. The topological polar surface area (TPSA) is 86.3 Å². The van der Waals surface area contributed by atoms with Crippen molar-refractivity contribution in [1.29, 1.82) is 0 Å². The van der Waals surface area contributed by atoms with Crippen molar-refractivity contribution in [2.75, 3.05) is 33.2 Å². The number of piperazine rings is 1. The fourth-order valence-corrected chi connectivity index (χ4v) is 4.74. The molecule has 2 aromatic heterocycles. The van der Waals surface area contributed by atoms with Crippen LogP contribution in [0.4, 0.5) is 13.2 Å². The molecule has 8 nitrogen and oxygen atoms in total. The molecule has 0 radical (unpaired) electrons. The summed E-state index contributed by atoms with van der Waals surface area (Å²) in [7, 11) is 2.06. The zero-order valence-electron chi connectivity index (χ0n) is 20.7. The van der Waals surface area contributed by atoms with Crippen LogP contribution in [0.25, 0.3) is 16.9 Å². The van der Waals surface area contributed by atoms with Gasteiger partial charge in [0, 0.05) is 50.5 Å². The molecule has 1 amide bonds. The van der Waals surface area contributed by atoms with Gasteiger partial charge in [-0.3, -0.25) is 9.69 Å². The normalized spacial score (nSPS) is 17.1. The molecule has 0 bridgehead atoms. The van der Waals surface area contributed by atoms with Crippen molar-refractivity contribution < 1.29 is 18.0 Å². The Morgan fingerprint density at radius 2 is 1.89 bits per heavy atom. The van der Waals surface area contributed by atoms with E-state index in [1.54, 1.807) is 12.1 Å². The number of H-pyrrole nitrogens is 1. The highest BCUT2D eigenvalue weighted by atomic mass is 19.4. The number of amides is 1. The van der Waals surface area contributed by atoms with Gasteiger partial charge in [-0.2, -0.15) is 13.2 Å². The van der Waals surface area contributed by atoms with E-state index < -0.39 is 17.4 Å². The lowest BCUT2D eigenvalue weighted by molar-refractivity contribution is -0.137. The summed E-state index contributed by atoms with van der Waals surface area (Å²) >= 11 is 0. The SMILES string of the molecule is CN1CCN(Cc2ccccc2)C(CNC(=O)c2ccc3[nH]c(=O)n(-c4ccc(C(F)(F)F)cn4)c3c2)C1. The molecule has 2 N–H and O–H groups in total. The first-order chi connectivity index (χ1) is 18.2. The number of hydrogen-bond donors (Lipinski definition) is 2. The number of pyridine rings is 1. The number of halogens is 3. The molecule has 5 rings (SSSR count). The fraction of sp³-hybridized carbons (Fsp3) is 0.296. The summed E-state index contributed by atoms with van der Waals surface area (Å²) in [5.74, 6) is -0.283. The lowest BCUT2D eigenvalue weighted by atomic mass is 10.1. The van der Waals surface area contributed by atoms with E-state index >= 15 is 0 Å². The third kappa shape index (κ3) is 5.48. The Kier molecular flexibility index (Phi) is 7.04. The van der Waals surface area contributed by atoms with E-state index in [2.05, 4.69) is 44.3 Å². The third-order valence-corrected chi connectivity index (χ3v) is 6.78. The summed E-state index contributed by atoms with van der Waals surface area (Å²) in [5, 5.41) is 3.01. The number of hydrogen-bond acceptors (Lipinski definition) is 5. The Labute approximate surface area is 216 Å². The van der Waals surface area contributed by atoms with Crippen molar-refractivity contribution in [2.24, 2.45) is 0 Å². The number of aromatic amines is 1. The second-order valence-corrected chi connectivity index (χ2v) is 9.48. The molecule has 0 aliphatic carbocycles. The molecule has 3 heterocycles. The van der Waals surface area contributed by atoms with Crippen LogP contribution < -0.4 is 11.0 Å². The number of rotatable bonds is 6. The number of imidazole rings is 1. The van der Waals surface area contributed by atoms with Gasteiger partial charge in [0.2, 0.25) is 0 Å². The molecule has 1 saturated heterocycles. The minimum absolute atomic E-state index is 0.0219. The highest BCUT2D eigenvalue weighted by molar-refractivity contribution is 5.97. The summed E-state index contributed by atoms with van der Waals surface area (Å²) in [6.45, 7) is 3.86. The van der Waals surface area contributed by atoms with Gasteiger partial charge in [-0.15, -0.1) is 0 Å². The van der Waals surface area contributed by atoms with Gasteiger partial charge < -0.3 is 15.2 Å². The Bertz CT molecular complexity index is 1480. The van der Waals surface area contributed by atoms with Crippen LogP contribution in [0, 0.1) is 0 Å². The molecule has 1 fully saturated rings. The average Bonchev–Trinajstić information content (AvgIpc) is 3.23. The Morgan fingerprint density at radius 3 is 2.61 bits per heavy atom. The predicted octanol–water partition coefficient (Wildman–Crippen LogP) is 3.28. The number of likely N-dealkylation sites (N-methyl/N-ethyl adjacent to an activating group) is 1. The van der Waals surface area contributed by atoms with Crippen LogP contribution in [-0.2, 0) is 12.7 Å². The molecule has 0 spiro atoms. The van der Waals surface area contributed by atoms with Crippen LogP contribution in [0.5, 0.6) is 0 Å². The van der Waals surface area contributed by atoms with E-state index in [9.17, 15) is 22.8 Å². The van der Waals surface area contributed by atoms with Gasteiger partial charge in [0.15, 0.2) is 0 Å². The first-order valence-corrected chi connectivity index (χ1v) is 12.2. The zero-order chi connectivity index (χ0) is 26.9. The summed E-state index contributed by atoms with van der Waals surface area (Å²) in [5.41, 5.74) is 0.849. The average molecular weight is 525 g/mol. The number of aromatic nitrogens is 3. The molecule has 1 atom stereocenters. The second kappa shape index (κ2) is 10.4. The van der Waals surface area contributed by atoms with Crippen LogP contribution in [0.2, 0.25) is 0 Å². The molecule has 1 aliphatic rings. The smallest absolute Gasteiger partial charge is 0.350 e. The quantitative estimate of drug-likeness (QED) is 0.405. The standard InChI is InChI=1S/C27H27F3N6O2/c1-34-11-12-35(16-18-5-3-2-4-6-18)21(17-34)15-32-25(37)19-7-9-22-23(13-19)36(26(38)33-22)24-10-8-20(14-31-24)27(28,29)30/h2-10,13-14,21H,11-12,15-17H2,1H3,(H,32,37)(H,33,38). The van der Waals surface area contributed by atoms with Crippen molar-refractivity contribution in [3.63, 3.8) is 0 Å². The van der Waals surface area contributed by atoms with Gasteiger partial charge >= 0.3 is 11.9 Å². The molecule has 2 aromatic carbocycles. The van der Waals surface area contributed by atoms with Gasteiger partial charge in [0.1, 0.15) is 5.82 Å². The van der Waals surface area contributed by atoms with Crippen LogP contribution >= 0.6 is 0 Å².